The van der Waals surface area contributed by atoms with E-state index in [-0.39, 0.29) is 5.54 Å². The lowest BCUT2D eigenvalue weighted by molar-refractivity contribution is 0.153. The number of nitrogens with zero attached hydrogens (tertiary/aromatic N) is 3. The summed E-state index contributed by atoms with van der Waals surface area (Å²) in [7, 11) is 2.20. The number of likely N-dealkylation sites (N-methyl/N-ethyl adjacent to an activating group) is 2. The Morgan fingerprint density at radius 2 is 2.11 bits per heavy atom. The van der Waals surface area contributed by atoms with Gasteiger partial charge in [0.25, 0.3) is 0 Å². The molecule has 0 aromatic carbocycles. The molecule has 0 spiro atoms. The minimum Gasteiger partial charge on any atom is -0.305 e. The van der Waals surface area contributed by atoms with Gasteiger partial charge < -0.3 is 4.90 Å². The van der Waals surface area contributed by atoms with Gasteiger partial charge in [-0.2, -0.15) is 5.26 Å². The van der Waals surface area contributed by atoms with E-state index in [0.29, 0.717) is 12.0 Å². The smallest absolute Gasteiger partial charge is 0.122 e. The summed E-state index contributed by atoms with van der Waals surface area (Å²) < 4.78 is 0. The molecule has 0 amide bonds. The van der Waals surface area contributed by atoms with Gasteiger partial charge in [-0.1, -0.05) is 6.92 Å². The summed E-state index contributed by atoms with van der Waals surface area (Å²) in [5.74, 6) is 0.561. The summed E-state index contributed by atoms with van der Waals surface area (Å²) in [4.78, 5) is 4.93. The predicted octanol–water partition coefficient (Wildman–Crippen LogP) is 1.29. The standard InChI is InChI=1S/C15H28N4/c1-4-17-15(11-16,14-6-7-14)12-19-9-5-8-18(3)10-13(19)2/h13-14,17H,4-10,12H2,1-3H3. The molecule has 1 heterocycles. The molecule has 2 unspecified atom stereocenters. The molecular weight excluding hydrogens is 236 g/mol. The lowest BCUT2D eigenvalue weighted by Crippen LogP contribution is -2.56. The first-order valence-electron chi connectivity index (χ1n) is 7.70. The third-order valence-electron chi connectivity index (χ3n) is 4.60. The largest absolute Gasteiger partial charge is 0.305 e. The van der Waals surface area contributed by atoms with Crippen molar-refractivity contribution in [2.75, 3.05) is 39.8 Å². The van der Waals surface area contributed by atoms with Crippen LogP contribution in [0.1, 0.15) is 33.1 Å². The number of rotatable bonds is 5. The molecule has 2 fully saturated rings. The molecule has 2 atom stereocenters. The predicted molar refractivity (Wildman–Crippen MR) is 77.9 cm³/mol. The minimum atomic E-state index is -0.314. The van der Waals surface area contributed by atoms with Crippen molar-refractivity contribution in [2.45, 2.75) is 44.7 Å². The van der Waals surface area contributed by atoms with Crippen molar-refractivity contribution in [3.63, 3.8) is 0 Å². The summed E-state index contributed by atoms with van der Waals surface area (Å²) in [5.41, 5.74) is -0.314. The molecule has 2 aliphatic rings. The van der Waals surface area contributed by atoms with Crippen LogP contribution in [0.2, 0.25) is 0 Å². The SMILES string of the molecule is CCNC(C#N)(CN1CCCN(C)CC1C)C1CC1. The Balaban J connectivity index is 2.05. The van der Waals surface area contributed by atoms with Crippen LogP contribution in [0.25, 0.3) is 0 Å². The van der Waals surface area contributed by atoms with Crippen LogP contribution in [0, 0.1) is 17.2 Å². The molecule has 108 valence electrons. The van der Waals surface area contributed by atoms with Crippen molar-refractivity contribution in [2.24, 2.45) is 5.92 Å². The van der Waals surface area contributed by atoms with Crippen LogP contribution in [0.5, 0.6) is 0 Å². The first-order chi connectivity index (χ1) is 9.11. The van der Waals surface area contributed by atoms with E-state index in [4.69, 9.17) is 0 Å². The number of nitrogens with one attached hydrogen (secondary N) is 1. The van der Waals surface area contributed by atoms with Crippen molar-refractivity contribution in [3.8, 4) is 6.07 Å². The van der Waals surface area contributed by atoms with Crippen LogP contribution < -0.4 is 5.32 Å². The molecule has 1 aliphatic carbocycles. The molecule has 0 radical (unpaired) electrons. The first kappa shape index (κ1) is 14.8. The Morgan fingerprint density at radius 1 is 1.37 bits per heavy atom. The molecule has 1 saturated carbocycles. The zero-order valence-corrected chi connectivity index (χ0v) is 12.7. The highest BCUT2D eigenvalue weighted by Crippen LogP contribution is 2.40. The Hall–Kier alpha value is -0.630. The van der Waals surface area contributed by atoms with Crippen molar-refractivity contribution in [3.05, 3.63) is 0 Å². The van der Waals surface area contributed by atoms with E-state index in [1.807, 2.05) is 0 Å². The quantitative estimate of drug-likeness (QED) is 0.812. The fourth-order valence-electron chi connectivity index (χ4n) is 3.36. The third kappa shape index (κ3) is 3.47. The molecule has 1 aliphatic heterocycles. The molecule has 0 aromatic rings. The average molecular weight is 264 g/mol. The van der Waals surface area contributed by atoms with Crippen LogP contribution >= 0.6 is 0 Å². The van der Waals surface area contributed by atoms with Gasteiger partial charge in [0.15, 0.2) is 0 Å². The highest BCUT2D eigenvalue weighted by atomic mass is 15.2. The van der Waals surface area contributed by atoms with Gasteiger partial charge >= 0.3 is 0 Å². The molecule has 0 aromatic heterocycles. The lowest BCUT2D eigenvalue weighted by Gasteiger charge is -2.36. The number of hydrogen-bond donors (Lipinski definition) is 1. The van der Waals surface area contributed by atoms with E-state index in [1.54, 1.807) is 0 Å². The second-order valence-electron chi connectivity index (χ2n) is 6.32. The molecule has 2 rings (SSSR count). The normalized spacial score (nSPS) is 29.5. The molecule has 1 N–H and O–H groups in total. The van der Waals surface area contributed by atoms with Crippen molar-refractivity contribution in [1.29, 1.82) is 5.26 Å². The van der Waals surface area contributed by atoms with Crippen molar-refractivity contribution < 1.29 is 0 Å². The summed E-state index contributed by atoms with van der Waals surface area (Å²) in [6, 6.07) is 3.15. The van der Waals surface area contributed by atoms with E-state index >= 15 is 0 Å². The first-order valence-corrected chi connectivity index (χ1v) is 7.70. The fourth-order valence-corrected chi connectivity index (χ4v) is 3.36. The maximum Gasteiger partial charge on any atom is 0.122 e. The van der Waals surface area contributed by atoms with E-state index in [9.17, 15) is 5.26 Å². The maximum absolute atomic E-state index is 9.71. The summed E-state index contributed by atoms with van der Waals surface area (Å²) in [6.45, 7) is 9.57. The molecule has 1 saturated heterocycles. The van der Waals surface area contributed by atoms with Gasteiger partial charge in [0.1, 0.15) is 5.54 Å². The van der Waals surface area contributed by atoms with E-state index in [0.717, 1.165) is 26.2 Å². The second kappa shape index (κ2) is 6.21. The van der Waals surface area contributed by atoms with Crippen molar-refractivity contribution >= 4 is 0 Å². The van der Waals surface area contributed by atoms with Gasteiger partial charge in [-0.15, -0.1) is 0 Å². The zero-order chi connectivity index (χ0) is 13.9. The van der Waals surface area contributed by atoms with Crippen LogP contribution in [0.15, 0.2) is 0 Å². The molecule has 19 heavy (non-hydrogen) atoms. The van der Waals surface area contributed by atoms with Gasteiger partial charge in [0.2, 0.25) is 0 Å². The van der Waals surface area contributed by atoms with E-state index < -0.39 is 0 Å². The van der Waals surface area contributed by atoms with Gasteiger partial charge in [-0.3, -0.25) is 10.2 Å². The Labute approximate surface area is 117 Å². The van der Waals surface area contributed by atoms with Gasteiger partial charge in [-0.05, 0) is 58.8 Å². The topological polar surface area (TPSA) is 42.3 Å². The van der Waals surface area contributed by atoms with Crippen LogP contribution in [-0.4, -0.2) is 61.2 Å². The van der Waals surface area contributed by atoms with Gasteiger partial charge in [0, 0.05) is 19.1 Å². The molecule has 4 nitrogen and oxygen atoms in total. The van der Waals surface area contributed by atoms with Crippen LogP contribution in [0.3, 0.4) is 0 Å². The Kier molecular flexibility index (Phi) is 4.83. The van der Waals surface area contributed by atoms with E-state index in [2.05, 4.69) is 42.1 Å². The summed E-state index contributed by atoms with van der Waals surface area (Å²) in [5, 5.41) is 13.2. The third-order valence-corrected chi connectivity index (χ3v) is 4.60. The lowest BCUT2D eigenvalue weighted by atomic mass is 9.93. The van der Waals surface area contributed by atoms with Gasteiger partial charge in [-0.25, -0.2) is 0 Å². The number of nitriles is 1. The zero-order valence-electron chi connectivity index (χ0n) is 12.7. The average Bonchev–Trinajstić information content (AvgIpc) is 3.20. The summed E-state index contributed by atoms with van der Waals surface area (Å²) in [6.07, 6.45) is 3.63. The Bertz CT molecular complexity index is 334. The molecule has 0 bridgehead atoms. The van der Waals surface area contributed by atoms with E-state index in [1.165, 1.54) is 25.8 Å². The van der Waals surface area contributed by atoms with Gasteiger partial charge in [0.05, 0.1) is 6.07 Å². The Morgan fingerprint density at radius 3 is 2.68 bits per heavy atom. The van der Waals surface area contributed by atoms with Crippen LogP contribution in [-0.2, 0) is 0 Å². The second-order valence-corrected chi connectivity index (χ2v) is 6.32. The number of hydrogen-bond acceptors (Lipinski definition) is 4. The molecular formula is C15H28N4. The molecule has 4 heteroatoms. The highest BCUT2D eigenvalue weighted by Gasteiger charge is 2.46. The minimum absolute atomic E-state index is 0.314. The van der Waals surface area contributed by atoms with Crippen LogP contribution in [0.4, 0.5) is 0 Å². The fraction of sp³-hybridized carbons (Fsp3) is 0.933. The maximum atomic E-state index is 9.71. The monoisotopic (exact) mass is 264 g/mol. The summed E-state index contributed by atoms with van der Waals surface area (Å²) >= 11 is 0. The van der Waals surface area contributed by atoms with Crippen molar-refractivity contribution in [1.82, 2.24) is 15.1 Å². The highest BCUT2D eigenvalue weighted by molar-refractivity contribution is 5.17.